The number of halogens is 1. The van der Waals surface area contributed by atoms with Gasteiger partial charge >= 0.3 is 0 Å². The molecule has 1 amide bonds. The summed E-state index contributed by atoms with van der Waals surface area (Å²) in [6, 6.07) is 7.61. The Balaban J connectivity index is 1.63. The second-order valence-electron chi connectivity index (χ2n) is 5.68. The standard InChI is InChI=1S/C17H13FN6O2/c18-11-1-2-13-12(9-11)21-17(26)15-14(22-23-24(13)15)16(25)20-8-5-10-3-6-19-7-4-10/h1-4,6-7,9H,5,8H2,(H,20,25)(H,21,26). The normalized spacial score (nSPS) is 11.1. The summed E-state index contributed by atoms with van der Waals surface area (Å²) >= 11 is 0. The molecule has 130 valence electrons. The van der Waals surface area contributed by atoms with E-state index in [2.05, 4.69) is 25.6 Å². The molecule has 3 aromatic heterocycles. The topological polar surface area (TPSA) is 105 Å². The summed E-state index contributed by atoms with van der Waals surface area (Å²) in [5, 5.41) is 10.4. The molecule has 0 bridgehead atoms. The molecule has 0 aliphatic rings. The van der Waals surface area contributed by atoms with Crippen molar-refractivity contribution >= 4 is 22.5 Å². The highest BCUT2D eigenvalue weighted by atomic mass is 19.1. The smallest absolute Gasteiger partial charge is 0.277 e. The average molecular weight is 352 g/mol. The van der Waals surface area contributed by atoms with Gasteiger partial charge in [0.15, 0.2) is 11.2 Å². The van der Waals surface area contributed by atoms with E-state index in [9.17, 15) is 14.0 Å². The molecule has 0 fully saturated rings. The molecule has 0 saturated carbocycles. The summed E-state index contributed by atoms with van der Waals surface area (Å²) < 4.78 is 14.6. The predicted molar refractivity (Wildman–Crippen MR) is 91.3 cm³/mol. The van der Waals surface area contributed by atoms with Gasteiger partial charge in [-0.1, -0.05) is 5.21 Å². The Morgan fingerprint density at radius 2 is 2.04 bits per heavy atom. The number of aromatic amines is 1. The van der Waals surface area contributed by atoms with Crippen LogP contribution in [-0.4, -0.2) is 37.2 Å². The molecule has 0 atom stereocenters. The van der Waals surface area contributed by atoms with Crippen molar-refractivity contribution in [1.29, 1.82) is 0 Å². The van der Waals surface area contributed by atoms with Crippen LogP contribution < -0.4 is 10.9 Å². The molecule has 0 saturated heterocycles. The first-order chi connectivity index (χ1) is 12.6. The number of nitrogens with one attached hydrogen (secondary N) is 2. The number of amides is 1. The third kappa shape index (κ3) is 2.79. The number of nitrogens with zero attached hydrogens (tertiary/aromatic N) is 4. The van der Waals surface area contributed by atoms with Gasteiger partial charge in [0.05, 0.1) is 11.0 Å². The van der Waals surface area contributed by atoms with Crippen molar-refractivity contribution in [1.82, 2.24) is 30.1 Å². The second kappa shape index (κ2) is 6.36. The van der Waals surface area contributed by atoms with E-state index >= 15 is 0 Å². The quantitative estimate of drug-likeness (QED) is 0.572. The zero-order valence-electron chi connectivity index (χ0n) is 13.4. The molecule has 0 spiro atoms. The zero-order chi connectivity index (χ0) is 18.1. The van der Waals surface area contributed by atoms with Crippen LogP contribution in [0.3, 0.4) is 0 Å². The Morgan fingerprint density at radius 1 is 1.23 bits per heavy atom. The third-order valence-electron chi connectivity index (χ3n) is 3.98. The molecule has 4 aromatic rings. The number of carbonyl (C=O) groups is 1. The van der Waals surface area contributed by atoms with Crippen molar-refractivity contribution in [2.24, 2.45) is 0 Å². The summed E-state index contributed by atoms with van der Waals surface area (Å²) in [7, 11) is 0. The lowest BCUT2D eigenvalue weighted by Crippen LogP contribution is -2.27. The molecule has 0 unspecified atom stereocenters. The van der Waals surface area contributed by atoms with Gasteiger partial charge in [-0.25, -0.2) is 8.91 Å². The number of benzene rings is 1. The van der Waals surface area contributed by atoms with E-state index in [1.807, 2.05) is 12.1 Å². The lowest BCUT2D eigenvalue weighted by Gasteiger charge is -2.04. The zero-order valence-corrected chi connectivity index (χ0v) is 13.4. The van der Waals surface area contributed by atoms with Crippen molar-refractivity contribution in [3.8, 4) is 0 Å². The maximum absolute atomic E-state index is 13.3. The third-order valence-corrected chi connectivity index (χ3v) is 3.98. The predicted octanol–water partition coefficient (Wildman–Crippen LogP) is 1.08. The summed E-state index contributed by atoms with van der Waals surface area (Å²) in [6.45, 7) is 0.374. The van der Waals surface area contributed by atoms with E-state index in [0.29, 0.717) is 18.5 Å². The van der Waals surface area contributed by atoms with Crippen LogP contribution in [0.5, 0.6) is 0 Å². The maximum atomic E-state index is 13.3. The van der Waals surface area contributed by atoms with Crippen LogP contribution in [0, 0.1) is 5.82 Å². The van der Waals surface area contributed by atoms with Crippen molar-refractivity contribution in [3.63, 3.8) is 0 Å². The number of rotatable bonds is 4. The van der Waals surface area contributed by atoms with E-state index in [1.54, 1.807) is 12.4 Å². The fourth-order valence-electron chi connectivity index (χ4n) is 2.74. The molecule has 0 radical (unpaired) electrons. The highest BCUT2D eigenvalue weighted by molar-refractivity contribution is 5.99. The highest BCUT2D eigenvalue weighted by Crippen LogP contribution is 2.14. The van der Waals surface area contributed by atoms with Gasteiger partial charge < -0.3 is 10.3 Å². The highest BCUT2D eigenvalue weighted by Gasteiger charge is 2.19. The molecule has 0 aliphatic carbocycles. The van der Waals surface area contributed by atoms with E-state index in [1.165, 1.54) is 22.7 Å². The fourth-order valence-corrected chi connectivity index (χ4v) is 2.74. The summed E-state index contributed by atoms with van der Waals surface area (Å²) in [6.07, 6.45) is 3.97. The van der Waals surface area contributed by atoms with Crippen molar-refractivity contribution in [2.45, 2.75) is 6.42 Å². The van der Waals surface area contributed by atoms with Gasteiger partial charge in [-0.2, -0.15) is 0 Å². The lowest BCUT2D eigenvalue weighted by atomic mass is 10.2. The Morgan fingerprint density at radius 3 is 2.85 bits per heavy atom. The van der Waals surface area contributed by atoms with Gasteiger partial charge in [0.1, 0.15) is 5.82 Å². The van der Waals surface area contributed by atoms with Crippen molar-refractivity contribution in [3.05, 3.63) is 70.2 Å². The van der Waals surface area contributed by atoms with Crippen LogP contribution >= 0.6 is 0 Å². The molecular formula is C17H13FN6O2. The molecule has 3 heterocycles. The van der Waals surface area contributed by atoms with Crippen LogP contribution in [0.2, 0.25) is 0 Å². The summed E-state index contributed by atoms with van der Waals surface area (Å²) in [5.74, 6) is -0.984. The number of pyridine rings is 1. The number of fused-ring (bicyclic) bond motifs is 3. The van der Waals surface area contributed by atoms with Crippen molar-refractivity contribution in [2.75, 3.05) is 6.54 Å². The van der Waals surface area contributed by atoms with E-state index in [4.69, 9.17) is 0 Å². The molecule has 4 rings (SSSR count). The van der Waals surface area contributed by atoms with E-state index in [0.717, 1.165) is 5.56 Å². The number of H-pyrrole nitrogens is 1. The van der Waals surface area contributed by atoms with Crippen molar-refractivity contribution < 1.29 is 9.18 Å². The summed E-state index contributed by atoms with van der Waals surface area (Å²) in [4.78, 5) is 31.2. The Bertz CT molecular complexity index is 1170. The molecule has 0 aliphatic heterocycles. The van der Waals surface area contributed by atoms with Gasteiger partial charge in [-0.3, -0.25) is 14.6 Å². The SMILES string of the molecule is O=C(NCCc1ccncc1)c1nnn2c1c(=O)[nH]c1cc(F)ccc12. The first kappa shape index (κ1) is 15.9. The van der Waals surface area contributed by atoms with Crippen LogP contribution in [0.25, 0.3) is 16.6 Å². The molecular weight excluding hydrogens is 339 g/mol. The van der Waals surface area contributed by atoms with Crippen LogP contribution in [-0.2, 0) is 6.42 Å². The number of carbonyl (C=O) groups excluding carboxylic acids is 1. The van der Waals surface area contributed by atoms with Crippen LogP contribution in [0.4, 0.5) is 4.39 Å². The van der Waals surface area contributed by atoms with Gasteiger partial charge in [0.2, 0.25) is 0 Å². The first-order valence-electron chi connectivity index (χ1n) is 7.87. The minimum absolute atomic E-state index is 0.0190. The fraction of sp³-hybridized carbons (Fsp3) is 0.118. The number of aromatic nitrogens is 5. The molecule has 26 heavy (non-hydrogen) atoms. The Kier molecular flexibility index (Phi) is 3.88. The molecule has 2 N–H and O–H groups in total. The number of hydrogen-bond donors (Lipinski definition) is 2. The van der Waals surface area contributed by atoms with E-state index < -0.39 is 17.3 Å². The Labute approximate surface area is 145 Å². The van der Waals surface area contributed by atoms with Gasteiger partial charge in [0, 0.05) is 18.9 Å². The summed E-state index contributed by atoms with van der Waals surface area (Å²) in [5.41, 5.74) is 1.13. The number of hydrogen-bond acceptors (Lipinski definition) is 5. The largest absolute Gasteiger partial charge is 0.350 e. The first-order valence-corrected chi connectivity index (χ1v) is 7.87. The lowest BCUT2D eigenvalue weighted by molar-refractivity contribution is 0.0950. The molecule has 8 nitrogen and oxygen atoms in total. The monoisotopic (exact) mass is 352 g/mol. The van der Waals surface area contributed by atoms with Crippen LogP contribution in [0.15, 0.2) is 47.5 Å². The van der Waals surface area contributed by atoms with E-state index in [-0.39, 0.29) is 16.7 Å². The second-order valence-corrected chi connectivity index (χ2v) is 5.68. The minimum Gasteiger partial charge on any atom is -0.350 e. The van der Waals surface area contributed by atoms with Gasteiger partial charge in [-0.15, -0.1) is 5.10 Å². The Hall–Kier alpha value is -3.62. The van der Waals surface area contributed by atoms with Gasteiger partial charge in [-0.05, 0) is 42.3 Å². The minimum atomic E-state index is -0.563. The van der Waals surface area contributed by atoms with Gasteiger partial charge in [0.25, 0.3) is 11.5 Å². The molecule has 9 heteroatoms. The maximum Gasteiger partial charge on any atom is 0.277 e. The van der Waals surface area contributed by atoms with Crippen LogP contribution in [0.1, 0.15) is 16.1 Å². The average Bonchev–Trinajstić information content (AvgIpc) is 3.08. The molecule has 1 aromatic carbocycles.